The average Bonchev–Trinajstić information content (AvgIpc) is 2.47. The van der Waals surface area contributed by atoms with Gasteiger partial charge in [0.05, 0.1) is 22.3 Å². The molecule has 0 atom stereocenters. The van der Waals surface area contributed by atoms with Crippen molar-refractivity contribution < 1.29 is 9.90 Å². The molecule has 2 rings (SSSR count). The molecule has 0 bridgehead atoms. The van der Waals surface area contributed by atoms with E-state index in [1.807, 2.05) is 14.0 Å². The smallest absolute Gasteiger partial charge is 0.309 e. The zero-order valence-electron chi connectivity index (χ0n) is 9.98. The minimum atomic E-state index is -0.716. The largest absolute Gasteiger partial charge is 0.481 e. The first-order valence-corrected chi connectivity index (χ1v) is 6.06. The molecule has 0 aromatic carbocycles. The van der Waals surface area contributed by atoms with Crippen molar-refractivity contribution in [1.29, 1.82) is 0 Å². The zero-order valence-corrected chi connectivity index (χ0v) is 10.7. The van der Waals surface area contributed by atoms with Gasteiger partial charge in [0.25, 0.3) is 0 Å². The van der Waals surface area contributed by atoms with Gasteiger partial charge in [-0.3, -0.25) is 14.4 Å². The normalized spacial score (nSPS) is 17.1. The summed E-state index contributed by atoms with van der Waals surface area (Å²) < 4.78 is 1.79. The van der Waals surface area contributed by atoms with Crippen molar-refractivity contribution in [1.82, 2.24) is 14.7 Å². The third-order valence-corrected chi connectivity index (χ3v) is 3.62. The standard InChI is InChI=1S/C11H16ClN3O2/c1-3-8-10(12)9(14(2)13-8)6-15-4-7(5-15)11(16)17/h7H,3-6H2,1-2H3,(H,16,17). The molecule has 1 fully saturated rings. The Labute approximate surface area is 105 Å². The fourth-order valence-electron chi connectivity index (χ4n) is 2.06. The Morgan fingerprint density at radius 3 is 2.71 bits per heavy atom. The van der Waals surface area contributed by atoms with Gasteiger partial charge in [0.1, 0.15) is 0 Å². The van der Waals surface area contributed by atoms with E-state index in [-0.39, 0.29) is 5.92 Å². The van der Waals surface area contributed by atoms with E-state index >= 15 is 0 Å². The Morgan fingerprint density at radius 2 is 2.24 bits per heavy atom. The van der Waals surface area contributed by atoms with E-state index in [1.165, 1.54) is 0 Å². The fraction of sp³-hybridized carbons (Fsp3) is 0.636. The van der Waals surface area contributed by atoms with Gasteiger partial charge < -0.3 is 5.11 Å². The molecule has 0 saturated carbocycles. The van der Waals surface area contributed by atoms with Gasteiger partial charge in [-0.2, -0.15) is 5.10 Å². The Balaban J connectivity index is 2.01. The number of halogens is 1. The summed E-state index contributed by atoms with van der Waals surface area (Å²) in [4.78, 5) is 12.8. The lowest BCUT2D eigenvalue weighted by Gasteiger charge is -2.36. The van der Waals surface area contributed by atoms with Crippen molar-refractivity contribution in [2.75, 3.05) is 13.1 Å². The number of nitrogens with zero attached hydrogens (tertiary/aromatic N) is 3. The van der Waals surface area contributed by atoms with E-state index in [4.69, 9.17) is 16.7 Å². The van der Waals surface area contributed by atoms with Gasteiger partial charge >= 0.3 is 5.97 Å². The first-order chi connectivity index (χ1) is 8.02. The molecule has 2 heterocycles. The number of aliphatic carboxylic acids is 1. The number of hydrogen-bond acceptors (Lipinski definition) is 3. The van der Waals surface area contributed by atoms with Gasteiger partial charge in [-0.05, 0) is 6.42 Å². The van der Waals surface area contributed by atoms with Crippen LogP contribution in [0.2, 0.25) is 5.02 Å². The number of rotatable bonds is 4. The summed E-state index contributed by atoms with van der Waals surface area (Å²) in [7, 11) is 1.87. The van der Waals surface area contributed by atoms with Crippen LogP contribution in [0.25, 0.3) is 0 Å². The van der Waals surface area contributed by atoms with Crippen LogP contribution in [-0.4, -0.2) is 38.8 Å². The third-order valence-electron chi connectivity index (χ3n) is 3.18. The number of carboxylic acids is 1. The van der Waals surface area contributed by atoms with Crippen LogP contribution in [0.5, 0.6) is 0 Å². The average molecular weight is 258 g/mol. The second-order valence-corrected chi connectivity index (χ2v) is 4.79. The quantitative estimate of drug-likeness (QED) is 0.879. The van der Waals surface area contributed by atoms with Gasteiger partial charge in [-0.1, -0.05) is 18.5 Å². The molecule has 1 aromatic rings. The molecule has 6 heteroatoms. The summed E-state index contributed by atoms with van der Waals surface area (Å²) in [5, 5.41) is 13.9. The van der Waals surface area contributed by atoms with E-state index < -0.39 is 5.97 Å². The predicted octanol–water partition coefficient (Wildman–Crippen LogP) is 1.15. The summed E-state index contributed by atoms with van der Waals surface area (Å²) in [6, 6.07) is 0. The van der Waals surface area contributed by atoms with Crippen LogP contribution in [0, 0.1) is 5.92 Å². The van der Waals surface area contributed by atoms with E-state index in [1.54, 1.807) is 4.68 Å². The lowest BCUT2D eigenvalue weighted by molar-refractivity contribution is -0.147. The second-order valence-electron chi connectivity index (χ2n) is 4.41. The second kappa shape index (κ2) is 4.66. The molecule has 1 saturated heterocycles. The Morgan fingerprint density at radius 1 is 1.59 bits per heavy atom. The van der Waals surface area contributed by atoms with Crippen LogP contribution >= 0.6 is 11.6 Å². The Hall–Kier alpha value is -1.07. The summed E-state index contributed by atoms with van der Waals surface area (Å²) in [6.45, 7) is 3.88. The Bertz CT molecular complexity index is 438. The molecule has 1 N–H and O–H groups in total. The van der Waals surface area contributed by atoms with Crippen LogP contribution < -0.4 is 0 Å². The van der Waals surface area contributed by atoms with E-state index in [9.17, 15) is 4.79 Å². The van der Waals surface area contributed by atoms with E-state index in [0.29, 0.717) is 24.7 Å². The Kier molecular flexibility index (Phi) is 3.40. The highest BCUT2D eigenvalue weighted by molar-refractivity contribution is 6.31. The molecular formula is C11H16ClN3O2. The predicted molar refractivity (Wildman–Crippen MR) is 64.0 cm³/mol. The molecule has 17 heavy (non-hydrogen) atoms. The van der Waals surface area contributed by atoms with Gasteiger partial charge in [0, 0.05) is 26.7 Å². The molecule has 0 amide bonds. The van der Waals surface area contributed by atoms with Crippen LogP contribution in [0.3, 0.4) is 0 Å². The summed E-state index contributed by atoms with van der Waals surface area (Å²) in [5.41, 5.74) is 1.87. The molecule has 0 aliphatic carbocycles. The van der Waals surface area contributed by atoms with Crippen LogP contribution in [-0.2, 0) is 24.8 Å². The summed E-state index contributed by atoms with van der Waals surface area (Å²) in [5.74, 6) is -0.945. The number of aryl methyl sites for hydroxylation is 2. The highest BCUT2D eigenvalue weighted by Gasteiger charge is 2.33. The van der Waals surface area contributed by atoms with Crippen molar-refractivity contribution in [3.63, 3.8) is 0 Å². The summed E-state index contributed by atoms with van der Waals surface area (Å²) in [6.07, 6.45) is 0.810. The zero-order chi connectivity index (χ0) is 12.6. The van der Waals surface area contributed by atoms with E-state index in [0.717, 1.165) is 17.8 Å². The lowest BCUT2D eigenvalue weighted by Crippen LogP contribution is -2.49. The van der Waals surface area contributed by atoms with Crippen molar-refractivity contribution in [2.45, 2.75) is 19.9 Å². The number of aromatic nitrogens is 2. The molecule has 0 unspecified atom stereocenters. The van der Waals surface area contributed by atoms with Gasteiger partial charge in [0.15, 0.2) is 0 Å². The van der Waals surface area contributed by atoms with E-state index in [2.05, 4.69) is 10.00 Å². The SMILES string of the molecule is CCc1nn(C)c(CN2CC(C(=O)O)C2)c1Cl. The minimum absolute atomic E-state index is 0.229. The number of carbonyl (C=O) groups is 1. The topological polar surface area (TPSA) is 58.4 Å². The van der Waals surface area contributed by atoms with Crippen LogP contribution in [0.1, 0.15) is 18.3 Å². The van der Waals surface area contributed by atoms with Gasteiger partial charge in [0.2, 0.25) is 0 Å². The molecule has 1 aliphatic heterocycles. The highest BCUT2D eigenvalue weighted by atomic mass is 35.5. The lowest BCUT2D eigenvalue weighted by atomic mass is 10.0. The maximum Gasteiger partial charge on any atom is 0.309 e. The fourth-order valence-corrected chi connectivity index (χ4v) is 2.41. The van der Waals surface area contributed by atoms with Crippen LogP contribution in [0.4, 0.5) is 0 Å². The van der Waals surface area contributed by atoms with Crippen molar-refractivity contribution in [2.24, 2.45) is 13.0 Å². The molecule has 5 nitrogen and oxygen atoms in total. The van der Waals surface area contributed by atoms with Crippen molar-refractivity contribution >= 4 is 17.6 Å². The van der Waals surface area contributed by atoms with Crippen molar-refractivity contribution in [3.8, 4) is 0 Å². The van der Waals surface area contributed by atoms with Crippen LogP contribution in [0.15, 0.2) is 0 Å². The van der Waals surface area contributed by atoms with Gasteiger partial charge in [-0.15, -0.1) is 0 Å². The minimum Gasteiger partial charge on any atom is -0.481 e. The maximum atomic E-state index is 10.7. The molecule has 0 radical (unpaired) electrons. The van der Waals surface area contributed by atoms with Gasteiger partial charge in [-0.25, -0.2) is 0 Å². The first-order valence-electron chi connectivity index (χ1n) is 5.68. The number of hydrogen-bond donors (Lipinski definition) is 1. The first kappa shape index (κ1) is 12.4. The highest BCUT2D eigenvalue weighted by Crippen LogP contribution is 2.25. The van der Waals surface area contributed by atoms with Crippen molar-refractivity contribution in [3.05, 3.63) is 16.4 Å². The summed E-state index contributed by atoms with van der Waals surface area (Å²) >= 11 is 6.23. The molecule has 1 aliphatic rings. The molecular weight excluding hydrogens is 242 g/mol. The third kappa shape index (κ3) is 2.30. The number of likely N-dealkylation sites (tertiary alicyclic amines) is 1. The maximum absolute atomic E-state index is 10.7. The molecule has 1 aromatic heterocycles. The monoisotopic (exact) mass is 257 g/mol. The molecule has 0 spiro atoms. The number of carboxylic acid groups (broad SMARTS) is 1. The molecule has 94 valence electrons.